The van der Waals surface area contributed by atoms with Crippen LogP contribution in [0.3, 0.4) is 0 Å². The molecule has 1 aromatic carbocycles. The molecule has 0 aromatic heterocycles. The van der Waals surface area contributed by atoms with Gasteiger partial charge >= 0.3 is 0 Å². The van der Waals surface area contributed by atoms with Crippen molar-refractivity contribution in [2.75, 3.05) is 0 Å². The molecule has 1 rings (SSSR count). The third-order valence-corrected chi connectivity index (χ3v) is 2.13. The summed E-state index contributed by atoms with van der Waals surface area (Å²) in [5.74, 6) is 0. The number of aliphatic hydroxyl groups is 1. The summed E-state index contributed by atoms with van der Waals surface area (Å²) in [6.45, 7) is 7.27. The van der Waals surface area contributed by atoms with E-state index in [0.29, 0.717) is 5.56 Å². The minimum Gasteiger partial charge on any atom is -0.385 e. The van der Waals surface area contributed by atoms with Crippen molar-refractivity contribution in [3.63, 3.8) is 0 Å². The molecule has 0 spiro atoms. The first-order valence-electron chi connectivity index (χ1n) is 4.51. The Bertz CT molecular complexity index is 369. The standard InChI is InChI=1S/C12H14NO/c1-12(2,3)11-5-4-9(7-13)6-10(11)8-14/h4-6,8,14H,1-3H3. The Morgan fingerprint density at radius 3 is 2.43 bits per heavy atom. The number of rotatable bonds is 1. The van der Waals surface area contributed by atoms with Crippen LogP contribution in [-0.4, -0.2) is 5.11 Å². The lowest BCUT2D eigenvalue weighted by molar-refractivity contribution is 0.410. The molecular weight excluding hydrogens is 174 g/mol. The van der Waals surface area contributed by atoms with E-state index in [1.807, 2.05) is 12.1 Å². The van der Waals surface area contributed by atoms with Gasteiger partial charge in [-0.1, -0.05) is 26.8 Å². The Hall–Kier alpha value is -1.33. The van der Waals surface area contributed by atoms with Crippen LogP contribution >= 0.6 is 0 Å². The molecule has 0 saturated carbocycles. The maximum atomic E-state index is 9.07. The van der Waals surface area contributed by atoms with Gasteiger partial charge in [-0.3, -0.25) is 0 Å². The van der Waals surface area contributed by atoms with Crippen LogP contribution < -0.4 is 0 Å². The highest BCUT2D eigenvalue weighted by molar-refractivity contribution is 5.43. The highest BCUT2D eigenvalue weighted by Gasteiger charge is 2.17. The Morgan fingerprint density at radius 1 is 1.36 bits per heavy atom. The molecule has 0 atom stereocenters. The first-order valence-corrected chi connectivity index (χ1v) is 4.51. The summed E-state index contributed by atoms with van der Waals surface area (Å²) in [6, 6.07) is 7.41. The number of hydrogen-bond donors (Lipinski definition) is 1. The fourth-order valence-corrected chi connectivity index (χ4v) is 1.42. The van der Waals surface area contributed by atoms with Crippen molar-refractivity contribution >= 4 is 0 Å². The molecule has 0 unspecified atom stereocenters. The van der Waals surface area contributed by atoms with E-state index in [4.69, 9.17) is 10.4 Å². The van der Waals surface area contributed by atoms with Gasteiger partial charge in [0.1, 0.15) is 6.61 Å². The summed E-state index contributed by atoms with van der Waals surface area (Å²) in [5.41, 5.74) is 2.30. The van der Waals surface area contributed by atoms with E-state index in [2.05, 4.69) is 20.8 Å². The van der Waals surface area contributed by atoms with E-state index in [-0.39, 0.29) is 5.41 Å². The molecule has 0 bridgehead atoms. The van der Waals surface area contributed by atoms with Crippen molar-refractivity contribution in [1.29, 1.82) is 5.26 Å². The molecule has 0 heterocycles. The Kier molecular flexibility index (Phi) is 2.93. The largest absolute Gasteiger partial charge is 0.385 e. The fourth-order valence-electron chi connectivity index (χ4n) is 1.42. The van der Waals surface area contributed by atoms with Gasteiger partial charge in [0.25, 0.3) is 0 Å². The monoisotopic (exact) mass is 188 g/mol. The molecule has 1 aromatic rings. The second kappa shape index (κ2) is 3.81. The summed E-state index contributed by atoms with van der Waals surface area (Å²) in [5, 5.41) is 17.8. The Morgan fingerprint density at radius 2 is 2.00 bits per heavy atom. The number of benzene rings is 1. The van der Waals surface area contributed by atoms with Gasteiger partial charge in [-0.2, -0.15) is 5.26 Å². The summed E-state index contributed by atoms with van der Waals surface area (Å²) >= 11 is 0. The van der Waals surface area contributed by atoms with Crippen LogP contribution in [0.25, 0.3) is 0 Å². The summed E-state index contributed by atoms with van der Waals surface area (Å²) in [6.07, 6.45) is 0. The average molecular weight is 188 g/mol. The van der Waals surface area contributed by atoms with Gasteiger partial charge in [0.2, 0.25) is 0 Å². The molecule has 1 radical (unpaired) electrons. The number of nitrogens with zero attached hydrogens (tertiary/aromatic N) is 1. The van der Waals surface area contributed by atoms with E-state index >= 15 is 0 Å². The van der Waals surface area contributed by atoms with Gasteiger partial charge in [0.05, 0.1) is 11.6 Å². The summed E-state index contributed by atoms with van der Waals surface area (Å²) in [7, 11) is 0. The third-order valence-electron chi connectivity index (χ3n) is 2.13. The normalized spacial score (nSPS) is 11.1. The van der Waals surface area contributed by atoms with Gasteiger partial charge in [-0.15, -0.1) is 0 Å². The fraction of sp³-hybridized carbons (Fsp3) is 0.333. The minimum atomic E-state index is -0.0252. The van der Waals surface area contributed by atoms with Crippen LogP contribution in [-0.2, 0) is 5.41 Å². The topological polar surface area (TPSA) is 44.0 Å². The van der Waals surface area contributed by atoms with Crippen LogP contribution in [0.2, 0.25) is 0 Å². The molecule has 0 amide bonds. The molecule has 0 aliphatic carbocycles. The van der Waals surface area contributed by atoms with Gasteiger partial charge in [-0.25, -0.2) is 0 Å². The smallest absolute Gasteiger partial charge is 0.109 e. The predicted molar refractivity (Wildman–Crippen MR) is 55.2 cm³/mol. The Balaban J connectivity index is 3.27. The maximum absolute atomic E-state index is 9.07. The quantitative estimate of drug-likeness (QED) is 0.736. The SMILES string of the molecule is CC(C)(C)c1ccc(C#N)cc1[CH]O. The van der Waals surface area contributed by atoms with Gasteiger partial charge in [0.15, 0.2) is 0 Å². The van der Waals surface area contributed by atoms with Gasteiger partial charge < -0.3 is 5.11 Å². The molecule has 73 valence electrons. The second-order valence-electron chi connectivity index (χ2n) is 4.29. The minimum absolute atomic E-state index is 0.0252. The lowest BCUT2D eigenvalue weighted by Crippen LogP contribution is -2.13. The molecule has 14 heavy (non-hydrogen) atoms. The van der Waals surface area contributed by atoms with E-state index in [1.54, 1.807) is 12.1 Å². The lowest BCUT2D eigenvalue weighted by atomic mass is 9.83. The number of hydrogen-bond acceptors (Lipinski definition) is 2. The first-order chi connectivity index (χ1) is 6.49. The molecule has 0 saturated heterocycles. The summed E-state index contributed by atoms with van der Waals surface area (Å²) in [4.78, 5) is 0. The van der Waals surface area contributed by atoms with Crippen molar-refractivity contribution in [3.8, 4) is 6.07 Å². The molecule has 0 aliphatic heterocycles. The predicted octanol–water partition coefficient (Wildman–Crippen LogP) is 2.74. The van der Waals surface area contributed by atoms with Crippen LogP contribution in [0.1, 0.15) is 37.5 Å². The van der Waals surface area contributed by atoms with Crippen LogP contribution in [0.4, 0.5) is 0 Å². The second-order valence-corrected chi connectivity index (χ2v) is 4.29. The van der Waals surface area contributed by atoms with Crippen molar-refractivity contribution in [3.05, 3.63) is 41.5 Å². The Labute approximate surface area is 84.8 Å². The van der Waals surface area contributed by atoms with Crippen molar-refractivity contribution in [1.82, 2.24) is 0 Å². The van der Waals surface area contributed by atoms with E-state index in [9.17, 15) is 0 Å². The lowest BCUT2D eigenvalue weighted by Gasteiger charge is -2.22. The van der Waals surface area contributed by atoms with Gasteiger partial charge in [-0.05, 0) is 28.7 Å². The van der Waals surface area contributed by atoms with Crippen LogP contribution in [0.5, 0.6) is 0 Å². The molecular formula is C12H14NO. The molecule has 0 aliphatic rings. The number of aliphatic hydroxyl groups excluding tert-OH is 1. The molecule has 0 fully saturated rings. The number of nitriles is 1. The highest BCUT2D eigenvalue weighted by atomic mass is 16.3. The van der Waals surface area contributed by atoms with Crippen molar-refractivity contribution in [2.24, 2.45) is 0 Å². The summed E-state index contributed by atoms with van der Waals surface area (Å²) < 4.78 is 0. The highest BCUT2D eigenvalue weighted by Crippen LogP contribution is 2.27. The van der Waals surface area contributed by atoms with Crippen molar-refractivity contribution < 1.29 is 5.11 Å². The zero-order valence-electron chi connectivity index (χ0n) is 8.70. The zero-order chi connectivity index (χ0) is 10.8. The first kappa shape index (κ1) is 10.7. The average Bonchev–Trinajstić information content (AvgIpc) is 2.15. The van der Waals surface area contributed by atoms with E-state index in [1.165, 1.54) is 0 Å². The van der Waals surface area contributed by atoms with Crippen LogP contribution in [0, 0.1) is 17.9 Å². The molecule has 1 N–H and O–H groups in total. The molecule has 2 nitrogen and oxygen atoms in total. The van der Waals surface area contributed by atoms with Crippen LogP contribution in [0.15, 0.2) is 18.2 Å². The maximum Gasteiger partial charge on any atom is 0.109 e. The third kappa shape index (κ3) is 2.12. The van der Waals surface area contributed by atoms with E-state index < -0.39 is 0 Å². The molecule has 2 heteroatoms. The van der Waals surface area contributed by atoms with E-state index in [0.717, 1.165) is 17.7 Å². The van der Waals surface area contributed by atoms with Crippen molar-refractivity contribution in [2.45, 2.75) is 26.2 Å². The zero-order valence-corrected chi connectivity index (χ0v) is 8.70. The van der Waals surface area contributed by atoms with Gasteiger partial charge in [0, 0.05) is 0 Å².